The summed E-state index contributed by atoms with van der Waals surface area (Å²) >= 11 is 11.9. The Kier molecular flexibility index (Phi) is 8.95. The van der Waals surface area contributed by atoms with E-state index in [9.17, 15) is 37.7 Å². The molecule has 2 amide bonds. The Bertz CT molecular complexity index is 1670. The van der Waals surface area contributed by atoms with Crippen molar-refractivity contribution < 1.29 is 42.0 Å². The molecule has 0 fully saturated rings. The number of rotatable bonds is 11. The Morgan fingerprint density at radius 1 is 0.929 bits per heavy atom. The summed E-state index contributed by atoms with van der Waals surface area (Å²) in [5.74, 6) is -3.47. The number of benzene rings is 3. The lowest BCUT2D eigenvalue weighted by Gasteiger charge is -2.24. The van der Waals surface area contributed by atoms with Gasteiger partial charge >= 0.3 is 5.97 Å². The van der Waals surface area contributed by atoms with E-state index in [1.807, 2.05) is 0 Å². The van der Waals surface area contributed by atoms with Crippen LogP contribution < -0.4 is 4.74 Å². The highest BCUT2D eigenvalue weighted by molar-refractivity contribution is 7.90. The summed E-state index contributed by atoms with van der Waals surface area (Å²) in [6.07, 6.45) is 0.462. The number of nitrogens with zero attached hydrogens (tertiary/aromatic N) is 2. The van der Waals surface area contributed by atoms with E-state index >= 15 is 0 Å². The predicted octanol–water partition coefficient (Wildman–Crippen LogP) is 4.52. The second-order valence-electron chi connectivity index (χ2n) is 9.13. The molecule has 4 rings (SSSR count). The Morgan fingerprint density at radius 2 is 1.43 bits per heavy atom. The van der Waals surface area contributed by atoms with Crippen molar-refractivity contribution in [3.8, 4) is 11.5 Å². The SMILES string of the molecule is CS(=O)(=O)CC[C@H](C(=O)OCC(=O)c1ccc(Oc2ccc([N+](=O)[O-])cc2)cc1)N1C(=O)c2cc(Cl)c(Cl)cc2C1=O. The number of halogens is 2. The van der Waals surface area contributed by atoms with Crippen LogP contribution in [0.3, 0.4) is 0 Å². The quantitative estimate of drug-likeness (QED) is 0.0961. The van der Waals surface area contributed by atoms with E-state index in [0.717, 1.165) is 6.26 Å². The van der Waals surface area contributed by atoms with E-state index < -0.39 is 63.1 Å². The van der Waals surface area contributed by atoms with Gasteiger partial charge in [0.05, 0.1) is 31.8 Å². The number of hydrogen-bond donors (Lipinski definition) is 0. The van der Waals surface area contributed by atoms with E-state index in [4.69, 9.17) is 32.7 Å². The third-order valence-electron chi connectivity index (χ3n) is 6.11. The standard InChI is InChI=1S/C27H20Cl2N2O10S/c1-42(38,39)11-10-23(30-25(33)19-12-21(28)22(29)13-20(19)26(30)34)27(35)40-14-24(32)15-2-6-17(7-3-15)41-18-8-4-16(5-9-18)31(36)37/h2-9,12-13,23H,10-11,14H2,1H3/t23-/m1/s1. The molecule has 218 valence electrons. The topological polar surface area (TPSA) is 167 Å². The largest absolute Gasteiger partial charge is 0.457 e. The van der Waals surface area contributed by atoms with Crippen molar-refractivity contribution in [2.75, 3.05) is 18.6 Å². The number of nitro benzene ring substituents is 1. The molecule has 1 aliphatic heterocycles. The van der Waals surface area contributed by atoms with Gasteiger partial charge in [0.2, 0.25) is 0 Å². The van der Waals surface area contributed by atoms with Crippen molar-refractivity contribution in [2.24, 2.45) is 0 Å². The number of esters is 1. The highest BCUT2D eigenvalue weighted by Crippen LogP contribution is 2.33. The highest BCUT2D eigenvalue weighted by Gasteiger charge is 2.44. The van der Waals surface area contributed by atoms with E-state index in [1.54, 1.807) is 0 Å². The molecule has 3 aromatic carbocycles. The number of hydrogen-bond acceptors (Lipinski definition) is 10. The lowest BCUT2D eigenvalue weighted by atomic mass is 10.1. The molecule has 0 N–H and O–H groups in total. The van der Waals surface area contributed by atoms with Gasteiger partial charge in [-0.25, -0.2) is 13.2 Å². The minimum atomic E-state index is -3.61. The van der Waals surface area contributed by atoms with Crippen LogP contribution in [-0.4, -0.2) is 66.5 Å². The summed E-state index contributed by atoms with van der Waals surface area (Å²) in [7, 11) is -3.61. The molecule has 0 spiro atoms. The summed E-state index contributed by atoms with van der Waals surface area (Å²) in [4.78, 5) is 62.7. The summed E-state index contributed by atoms with van der Waals surface area (Å²) in [5.41, 5.74) is -0.193. The normalized spacial score (nSPS) is 13.5. The van der Waals surface area contributed by atoms with Crippen LogP contribution in [0.4, 0.5) is 5.69 Å². The molecular weight excluding hydrogens is 615 g/mol. The maximum absolute atomic E-state index is 13.1. The van der Waals surface area contributed by atoms with Crippen molar-refractivity contribution in [1.82, 2.24) is 4.90 Å². The Balaban J connectivity index is 1.44. The van der Waals surface area contributed by atoms with Crippen molar-refractivity contribution in [2.45, 2.75) is 12.5 Å². The second kappa shape index (κ2) is 12.3. The van der Waals surface area contributed by atoms with Crippen molar-refractivity contribution in [1.29, 1.82) is 0 Å². The molecular formula is C27H20Cl2N2O10S. The molecule has 0 saturated heterocycles. The van der Waals surface area contributed by atoms with Gasteiger partial charge in [0.1, 0.15) is 27.4 Å². The van der Waals surface area contributed by atoms with Gasteiger partial charge in [0, 0.05) is 24.0 Å². The fraction of sp³-hybridized carbons (Fsp3) is 0.185. The predicted molar refractivity (Wildman–Crippen MR) is 150 cm³/mol. The van der Waals surface area contributed by atoms with Gasteiger partial charge in [0.25, 0.3) is 17.5 Å². The Hall–Kier alpha value is -4.33. The monoisotopic (exact) mass is 634 g/mol. The summed E-state index contributed by atoms with van der Waals surface area (Å²) in [6, 6.07) is 11.8. The zero-order valence-electron chi connectivity index (χ0n) is 21.6. The molecule has 3 aromatic rings. The van der Waals surface area contributed by atoms with Gasteiger partial charge in [-0.1, -0.05) is 23.2 Å². The number of ketones is 1. The van der Waals surface area contributed by atoms with Crippen LogP contribution in [-0.2, 0) is 19.4 Å². The molecule has 0 aromatic heterocycles. The van der Waals surface area contributed by atoms with Gasteiger partial charge in [-0.3, -0.25) is 29.4 Å². The molecule has 0 bridgehead atoms. The van der Waals surface area contributed by atoms with Crippen molar-refractivity contribution >= 4 is 62.3 Å². The maximum atomic E-state index is 13.1. The van der Waals surface area contributed by atoms with Gasteiger partial charge in [0.15, 0.2) is 12.4 Å². The first-order chi connectivity index (χ1) is 19.7. The molecule has 0 aliphatic carbocycles. The van der Waals surface area contributed by atoms with Gasteiger partial charge in [-0.2, -0.15) is 0 Å². The molecule has 42 heavy (non-hydrogen) atoms. The number of nitro groups is 1. The molecule has 1 heterocycles. The zero-order valence-corrected chi connectivity index (χ0v) is 23.9. The number of Topliss-reactive ketones (excluding diaryl/α,β-unsaturated/α-hetero) is 1. The fourth-order valence-electron chi connectivity index (χ4n) is 4.01. The lowest BCUT2D eigenvalue weighted by Crippen LogP contribution is -2.46. The van der Waals surface area contributed by atoms with Crippen LogP contribution in [0.25, 0.3) is 0 Å². The Morgan fingerprint density at radius 3 is 1.90 bits per heavy atom. The maximum Gasteiger partial charge on any atom is 0.329 e. The van der Waals surface area contributed by atoms with Crippen LogP contribution in [0, 0.1) is 10.1 Å². The smallest absolute Gasteiger partial charge is 0.329 e. The van der Waals surface area contributed by atoms with Crippen LogP contribution in [0.1, 0.15) is 37.5 Å². The lowest BCUT2D eigenvalue weighted by molar-refractivity contribution is -0.384. The number of fused-ring (bicyclic) bond motifs is 1. The second-order valence-corrected chi connectivity index (χ2v) is 12.2. The average Bonchev–Trinajstić information content (AvgIpc) is 3.16. The third kappa shape index (κ3) is 6.93. The van der Waals surface area contributed by atoms with Gasteiger partial charge in [-0.15, -0.1) is 0 Å². The van der Waals surface area contributed by atoms with E-state index in [0.29, 0.717) is 16.4 Å². The summed E-state index contributed by atoms with van der Waals surface area (Å²) < 4.78 is 34.4. The summed E-state index contributed by atoms with van der Waals surface area (Å²) in [5, 5.41) is 10.8. The summed E-state index contributed by atoms with van der Waals surface area (Å²) in [6.45, 7) is -0.766. The first-order valence-corrected chi connectivity index (χ1v) is 14.8. The molecule has 15 heteroatoms. The van der Waals surface area contributed by atoms with Crippen LogP contribution in [0.2, 0.25) is 10.0 Å². The number of carbonyl (C=O) groups excluding carboxylic acids is 4. The number of imide groups is 1. The number of sulfone groups is 1. The van der Waals surface area contributed by atoms with Crippen molar-refractivity contribution in [3.05, 3.63) is 97.5 Å². The number of carbonyl (C=O) groups is 4. The molecule has 0 saturated carbocycles. The number of ether oxygens (including phenoxy) is 2. The van der Waals surface area contributed by atoms with Gasteiger partial charge in [-0.05, 0) is 55.0 Å². The third-order valence-corrected chi connectivity index (χ3v) is 7.81. The van der Waals surface area contributed by atoms with E-state index in [1.165, 1.54) is 60.7 Å². The fourth-order valence-corrected chi connectivity index (χ4v) is 4.99. The first-order valence-electron chi connectivity index (χ1n) is 12.0. The van der Waals surface area contributed by atoms with Crippen molar-refractivity contribution in [3.63, 3.8) is 0 Å². The highest BCUT2D eigenvalue weighted by atomic mass is 35.5. The van der Waals surface area contributed by atoms with Gasteiger partial charge < -0.3 is 9.47 Å². The van der Waals surface area contributed by atoms with Crippen LogP contribution >= 0.6 is 23.2 Å². The van der Waals surface area contributed by atoms with E-state index in [2.05, 4.69) is 0 Å². The number of amides is 2. The molecule has 12 nitrogen and oxygen atoms in total. The Labute approximate surface area is 248 Å². The van der Waals surface area contributed by atoms with Crippen LogP contribution in [0.5, 0.6) is 11.5 Å². The van der Waals surface area contributed by atoms with E-state index in [-0.39, 0.29) is 32.4 Å². The molecule has 0 radical (unpaired) electrons. The number of non-ortho nitro benzene ring substituents is 1. The van der Waals surface area contributed by atoms with Crippen LogP contribution in [0.15, 0.2) is 60.7 Å². The minimum absolute atomic E-state index is 0.00318. The molecule has 1 atom stereocenters. The molecule has 0 unspecified atom stereocenters. The molecule has 1 aliphatic rings. The minimum Gasteiger partial charge on any atom is -0.457 e. The zero-order chi connectivity index (χ0) is 30.8. The first kappa shape index (κ1) is 30.6. The average molecular weight is 635 g/mol.